The molecule has 1 fully saturated rings. The van der Waals surface area contributed by atoms with E-state index in [0.717, 1.165) is 26.1 Å². The van der Waals surface area contributed by atoms with Gasteiger partial charge >= 0.3 is 0 Å². The van der Waals surface area contributed by atoms with Crippen LogP contribution in [-0.2, 0) is 4.74 Å². The third-order valence-corrected chi connectivity index (χ3v) is 3.96. The molecule has 0 bridgehead atoms. The standard InChI is InChI=1S/C16H19NO/c17-16(13-8-10-18-11-9-13)15-7-3-5-12-4-1-2-6-14(12)15/h1-7,13,16H,8-11,17H2. The maximum Gasteiger partial charge on any atom is 0.0469 e. The first-order valence-electron chi connectivity index (χ1n) is 6.67. The number of hydrogen-bond donors (Lipinski definition) is 1. The van der Waals surface area contributed by atoms with E-state index in [1.807, 2.05) is 0 Å². The number of hydrogen-bond acceptors (Lipinski definition) is 2. The van der Waals surface area contributed by atoms with Crippen LogP contribution < -0.4 is 5.73 Å². The number of fused-ring (bicyclic) bond motifs is 1. The summed E-state index contributed by atoms with van der Waals surface area (Å²) in [7, 11) is 0. The Hall–Kier alpha value is -1.38. The summed E-state index contributed by atoms with van der Waals surface area (Å²) in [6, 6.07) is 15.0. The Morgan fingerprint density at radius 2 is 1.72 bits per heavy atom. The maximum absolute atomic E-state index is 6.48. The van der Waals surface area contributed by atoms with Gasteiger partial charge in [-0.2, -0.15) is 0 Å². The lowest BCUT2D eigenvalue weighted by Gasteiger charge is -2.28. The van der Waals surface area contributed by atoms with Crippen molar-refractivity contribution in [2.75, 3.05) is 13.2 Å². The normalized spacial score (nSPS) is 18.9. The smallest absolute Gasteiger partial charge is 0.0469 e. The van der Waals surface area contributed by atoms with Crippen molar-refractivity contribution in [3.63, 3.8) is 0 Å². The van der Waals surface area contributed by atoms with Crippen molar-refractivity contribution >= 4 is 10.8 Å². The third kappa shape index (κ3) is 2.14. The van der Waals surface area contributed by atoms with E-state index >= 15 is 0 Å². The first-order chi connectivity index (χ1) is 8.86. The summed E-state index contributed by atoms with van der Waals surface area (Å²) in [5.41, 5.74) is 7.76. The van der Waals surface area contributed by atoms with Gasteiger partial charge in [0.15, 0.2) is 0 Å². The molecule has 1 unspecified atom stereocenters. The van der Waals surface area contributed by atoms with Crippen LogP contribution in [0.3, 0.4) is 0 Å². The molecule has 18 heavy (non-hydrogen) atoms. The second-order valence-corrected chi connectivity index (χ2v) is 5.04. The summed E-state index contributed by atoms with van der Waals surface area (Å²) in [5, 5.41) is 2.57. The van der Waals surface area contributed by atoms with Crippen molar-refractivity contribution in [3.8, 4) is 0 Å². The maximum atomic E-state index is 6.48. The number of ether oxygens (including phenoxy) is 1. The fourth-order valence-electron chi connectivity index (χ4n) is 2.87. The Morgan fingerprint density at radius 3 is 2.56 bits per heavy atom. The van der Waals surface area contributed by atoms with E-state index in [-0.39, 0.29) is 6.04 Å². The lowest BCUT2D eigenvalue weighted by molar-refractivity contribution is 0.0585. The minimum absolute atomic E-state index is 0.125. The van der Waals surface area contributed by atoms with Crippen molar-refractivity contribution in [2.24, 2.45) is 11.7 Å². The number of rotatable bonds is 2. The second-order valence-electron chi connectivity index (χ2n) is 5.04. The quantitative estimate of drug-likeness (QED) is 0.875. The average molecular weight is 241 g/mol. The highest BCUT2D eigenvalue weighted by Gasteiger charge is 2.23. The van der Waals surface area contributed by atoms with E-state index in [1.54, 1.807) is 0 Å². The van der Waals surface area contributed by atoms with Crippen LogP contribution in [0.5, 0.6) is 0 Å². The minimum atomic E-state index is 0.125. The summed E-state index contributed by atoms with van der Waals surface area (Å²) >= 11 is 0. The van der Waals surface area contributed by atoms with Crippen LogP contribution in [0.2, 0.25) is 0 Å². The van der Waals surface area contributed by atoms with Gasteiger partial charge in [-0.05, 0) is 35.1 Å². The van der Waals surface area contributed by atoms with Crippen LogP contribution in [0.1, 0.15) is 24.4 Å². The van der Waals surface area contributed by atoms with Crippen LogP contribution in [0, 0.1) is 5.92 Å². The molecule has 0 aromatic heterocycles. The van der Waals surface area contributed by atoms with E-state index in [9.17, 15) is 0 Å². The molecule has 1 aliphatic heterocycles. The predicted molar refractivity (Wildman–Crippen MR) is 74.4 cm³/mol. The zero-order valence-corrected chi connectivity index (χ0v) is 10.5. The molecule has 1 saturated heterocycles. The van der Waals surface area contributed by atoms with Crippen LogP contribution in [0.4, 0.5) is 0 Å². The van der Waals surface area contributed by atoms with E-state index < -0.39 is 0 Å². The molecule has 1 heterocycles. The molecule has 0 radical (unpaired) electrons. The molecule has 2 N–H and O–H groups in total. The predicted octanol–water partition coefficient (Wildman–Crippen LogP) is 3.27. The highest BCUT2D eigenvalue weighted by molar-refractivity contribution is 5.86. The fourth-order valence-corrected chi connectivity index (χ4v) is 2.87. The van der Waals surface area contributed by atoms with E-state index in [1.165, 1.54) is 16.3 Å². The molecule has 2 nitrogen and oxygen atoms in total. The van der Waals surface area contributed by atoms with Crippen LogP contribution in [-0.4, -0.2) is 13.2 Å². The summed E-state index contributed by atoms with van der Waals surface area (Å²) in [6.45, 7) is 1.70. The Kier molecular flexibility index (Phi) is 3.31. The molecule has 0 saturated carbocycles. The summed E-state index contributed by atoms with van der Waals surface area (Å²) in [5.74, 6) is 0.546. The summed E-state index contributed by atoms with van der Waals surface area (Å²) in [6.07, 6.45) is 2.15. The second kappa shape index (κ2) is 5.09. The van der Waals surface area contributed by atoms with Crippen LogP contribution >= 0.6 is 0 Å². The molecule has 0 spiro atoms. The SMILES string of the molecule is NC(c1cccc2ccccc12)C1CCOCC1. The molecular weight excluding hydrogens is 222 g/mol. The summed E-state index contributed by atoms with van der Waals surface area (Å²) < 4.78 is 5.42. The molecule has 2 aromatic rings. The molecule has 0 amide bonds. The Morgan fingerprint density at radius 1 is 1.00 bits per heavy atom. The van der Waals surface area contributed by atoms with Crippen LogP contribution in [0.25, 0.3) is 10.8 Å². The van der Waals surface area contributed by atoms with Gasteiger partial charge in [-0.1, -0.05) is 42.5 Å². The van der Waals surface area contributed by atoms with E-state index in [0.29, 0.717) is 5.92 Å². The lowest BCUT2D eigenvalue weighted by atomic mass is 9.86. The third-order valence-electron chi connectivity index (χ3n) is 3.96. The Labute approximate surface area is 108 Å². The monoisotopic (exact) mass is 241 g/mol. The van der Waals surface area contributed by atoms with Crippen molar-refractivity contribution in [2.45, 2.75) is 18.9 Å². The fraction of sp³-hybridized carbons (Fsp3) is 0.375. The van der Waals surface area contributed by atoms with Gasteiger partial charge in [0.2, 0.25) is 0 Å². The zero-order valence-electron chi connectivity index (χ0n) is 10.5. The zero-order chi connectivity index (χ0) is 12.4. The largest absolute Gasteiger partial charge is 0.381 e. The van der Waals surface area contributed by atoms with Gasteiger partial charge in [-0.3, -0.25) is 0 Å². The van der Waals surface area contributed by atoms with Gasteiger partial charge in [0.1, 0.15) is 0 Å². The lowest BCUT2D eigenvalue weighted by Crippen LogP contribution is -2.27. The Balaban J connectivity index is 1.97. The molecule has 2 aromatic carbocycles. The van der Waals surface area contributed by atoms with Crippen LogP contribution in [0.15, 0.2) is 42.5 Å². The van der Waals surface area contributed by atoms with Gasteiger partial charge in [0, 0.05) is 19.3 Å². The first kappa shape index (κ1) is 11.7. The van der Waals surface area contributed by atoms with Crippen molar-refractivity contribution in [1.82, 2.24) is 0 Å². The average Bonchev–Trinajstić information content (AvgIpc) is 2.47. The van der Waals surface area contributed by atoms with Gasteiger partial charge in [0.25, 0.3) is 0 Å². The Bertz CT molecular complexity index is 526. The van der Waals surface area contributed by atoms with Gasteiger partial charge in [0.05, 0.1) is 0 Å². The highest BCUT2D eigenvalue weighted by Crippen LogP contribution is 2.32. The molecule has 2 heteroatoms. The molecular formula is C16H19NO. The van der Waals surface area contributed by atoms with E-state index in [4.69, 9.17) is 10.5 Å². The highest BCUT2D eigenvalue weighted by atomic mass is 16.5. The molecule has 0 aliphatic carbocycles. The topological polar surface area (TPSA) is 35.2 Å². The molecule has 1 aliphatic rings. The van der Waals surface area contributed by atoms with E-state index in [2.05, 4.69) is 42.5 Å². The summed E-state index contributed by atoms with van der Waals surface area (Å²) in [4.78, 5) is 0. The molecule has 1 atom stereocenters. The van der Waals surface area contributed by atoms with Crippen molar-refractivity contribution in [3.05, 3.63) is 48.0 Å². The molecule has 3 rings (SSSR count). The van der Waals surface area contributed by atoms with Gasteiger partial charge in [-0.25, -0.2) is 0 Å². The van der Waals surface area contributed by atoms with Crippen molar-refractivity contribution in [1.29, 1.82) is 0 Å². The minimum Gasteiger partial charge on any atom is -0.381 e. The van der Waals surface area contributed by atoms with Gasteiger partial charge < -0.3 is 10.5 Å². The van der Waals surface area contributed by atoms with Crippen molar-refractivity contribution < 1.29 is 4.74 Å². The number of nitrogens with two attached hydrogens (primary N) is 1. The number of benzene rings is 2. The van der Waals surface area contributed by atoms with Gasteiger partial charge in [-0.15, -0.1) is 0 Å². The molecule has 94 valence electrons. The first-order valence-corrected chi connectivity index (χ1v) is 6.67.